The third-order valence-electron chi connectivity index (χ3n) is 6.26. The van der Waals surface area contributed by atoms with E-state index in [0.717, 1.165) is 48.3 Å². The summed E-state index contributed by atoms with van der Waals surface area (Å²) in [4.78, 5) is 23.9. The Hall–Kier alpha value is -4.05. The number of rotatable bonds is 4. The highest BCUT2D eigenvalue weighted by molar-refractivity contribution is 6.06. The summed E-state index contributed by atoms with van der Waals surface area (Å²) in [6.45, 7) is 2.07. The van der Waals surface area contributed by atoms with Crippen LogP contribution in [0.1, 0.15) is 28.8 Å². The van der Waals surface area contributed by atoms with Crippen LogP contribution < -0.4 is 15.5 Å². The molecule has 1 aromatic carbocycles. The number of carbonyl (C=O) groups excluding carboxylic acids is 1. The van der Waals surface area contributed by atoms with Crippen molar-refractivity contribution in [3.05, 3.63) is 60.2 Å². The maximum absolute atomic E-state index is 12.7. The molecule has 0 spiro atoms. The molecule has 10 nitrogen and oxygen atoms in total. The van der Waals surface area contributed by atoms with Crippen molar-refractivity contribution in [2.45, 2.75) is 25.5 Å². The van der Waals surface area contributed by atoms with Crippen LogP contribution in [0.15, 0.2) is 49.1 Å². The minimum Gasteiger partial charge on any atom is -0.393 e. The van der Waals surface area contributed by atoms with Gasteiger partial charge < -0.3 is 20.6 Å². The van der Waals surface area contributed by atoms with Crippen LogP contribution in [0.2, 0.25) is 0 Å². The number of benzene rings is 1. The molecule has 0 saturated carbocycles. The van der Waals surface area contributed by atoms with Gasteiger partial charge in [-0.15, -0.1) is 4.63 Å². The first kappa shape index (κ1) is 19.6. The van der Waals surface area contributed by atoms with E-state index in [2.05, 4.69) is 35.7 Å². The quantitative estimate of drug-likeness (QED) is 0.440. The highest BCUT2D eigenvalue weighted by atomic mass is 16.3. The second-order valence-corrected chi connectivity index (χ2v) is 8.26. The number of nitrogens with zero attached hydrogens (tertiary/aromatic N) is 6. The number of hydrogen-bond donors (Lipinski definition) is 3. The molecule has 2 aliphatic heterocycles. The summed E-state index contributed by atoms with van der Waals surface area (Å²) in [5, 5.41) is 24.4. The lowest BCUT2D eigenvalue weighted by Gasteiger charge is -2.31. The average Bonchev–Trinajstić information content (AvgIpc) is 3.45. The SMILES string of the molecule is O=C1NCc2c(-c3cnn4nccnc34)ccc(Nc3ccc(N4CCC(O)CC4)cn3)c21. The van der Waals surface area contributed by atoms with Crippen molar-refractivity contribution in [1.29, 1.82) is 0 Å². The molecule has 10 heteroatoms. The lowest BCUT2D eigenvalue weighted by Crippen LogP contribution is -2.35. The summed E-state index contributed by atoms with van der Waals surface area (Å²) in [6.07, 6.45) is 8.09. The Morgan fingerprint density at radius 3 is 2.70 bits per heavy atom. The Morgan fingerprint density at radius 1 is 1.00 bits per heavy atom. The summed E-state index contributed by atoms with van der Waals surface area (Å²) >= 11 is 0. The minimum atomic E-state index is -0.209. The monoisotopic (exact) mass is 442 g/mol. The van der Waals surface area contributed by atoms with Crippen LogP contribution in [0.25, 0.3) is 16.8 Å². The molecule has 0 aliphatic carbocycles. The summed E-state index contributed by atoms with van der Waals surface area (Å²) in [6, 6.07) is 7.79. The largest absolute Gasteiger partial charge is 0.393 e. The van der Waals surface area contributed by atoms with Crippen molar-refractivity contribution in [2.24, 2.45) is 0 Å². The van der Waals surface area contributed by atoms with Crippen LogP contribution in [0.3, 0.4) is 0 Å². The standard InChI is InChI=1S/C23H22N8O2/c32-15-5-9-30(10-6-15)14-1-4-20(25-11-14)29-19-3-2-16(17-12-26-23(33)21(17)19)18-13-28-31-22(18)24-7-8-27-31/h1-4,7-8,11,13,15,32H,5-6,9-10,12H2,(H,25,29)(H,26,33). The number of hydrogen-bond acceptors (Lipinski definition) is 8. The predicted molar refractivity (Wildman–Crippen MR) is 122 cm³/mol. The number of nitrogens with one attached hydrogen (secondary N) is 2. The topological polar surface area (TPSA) is 121 Å². The Kier molecular flexibility index (Phi) is 4.65. The number of pyridine rings is 1. The van der Waals surface area contributed by atoms with Crippen molar-refractivity contribution in [3.8, 4) is 11.1 Å². The molecule has 4 aromatic rings. The van der Waals surface area contributed by atoms with Gasteiger partial charge in [0.2, 0.25) is 0 Å². The fourth-order valence-corrected chi connectivity index (χ4v) is 4.54. The molecule has 6 rings (SSSR count). The number of aromatic nitrogens is 5. The van der Waals surface area contributed by atoms with Crippen molar-refractivity contribution < 1.29 is 9.90 Å². The van der Waals surface area contributed by atoms with E-state index < -0.39 is 0 Å². The van der Waals surface area contributed by atoms with E-state index in [0.29, 0.717) is 29.3 Å². The first-order chi connectivity index (χ1) is 16.2. The molecule has 0 radical (unpaired) electrons. The molecule has 0 bridgehead atoms. The van der Waals surface area contributed by atoms with Crippen LogP contribution >= 0.6 is 0 Å². The van der Waals surface area contributed by atoms with Gasteiger partial charge in [-0.2, -0.15) is 10.2 Å². The molecule has 0 atom stereocenters. The smallest absolute Gasteiger partial charge is 0.254 e. The van der Waals surface area contributed by atoms with Gasteiger partial charge in [-0.25, -0.2) is 9.97 Å². The van der Waals surface area contributed by atoms with Gasteiger partial charge in [-0.1, -0.05) is 6.07 Å². The maximum atomic E-state index is 12.7. The van der Waals surface area contributed by atoms with Gasteiger partial charge in [-0.3, -0.25) is 4.79 Å². The number of amides is 1. The fraction of sp³-hybridized carbons (Fsp3) is 0.261. The van der Waals surface area contributed by atoms with Crippen LogP contribution in [0.4, 0.5) is 17.2 Å². The highest BCUT2D eigenvalue weighted by Crippen LogP contribution is 2.36. The summed E-state index contributed by atoms with van der Waals surface area (Å²) in [7, 11) is 0. The zero-order valence-corrected chi connectivity index (χ0v) is 17.8. The van der Waals surface area contributed by atoms with Gasteiger partial charge in [0.1, 0.15) is 5.82 Å². The average molecular weight is 442 g/mol. The molecule has 3 aromatic heterocycles. The normalized spacial score (nSPS) is 16.2. The van der Waals surface area contributed by atoms with E-state index >= 15 is 0 Å². The van der Waals surface area contributed by atoms with E-state index in [4.69, 9.17) is 0 Å². The Morgan fingerprint density at radius 2 is 1.88 bits per heavy atom. The number of carbonyl (C=O) groups is 1. The molecule has 33 heavy (non-hydrogen) atoms. The lowest BCUT2D eigenvalue weighted by molar-refractivity contribution is 0.0966. The van der Waals surface area contributed by atoms with Crippen LogP contribution in [0, 0.1) is 0 Å². The minimum absolute atomic E-state index is 0.125. The lowest BCUT2D eigenvalue weighted by atomic mass is 9.97. The summed E-state index contributed by atoms with van der Waals surface area (Å²) in [5.74, 6) is 0.535. The van der Waals surface area contributed by atoms with E-state index in [9.17, 15) is 9.90 Å². The first-order valence-electron chi connectivity index (χ1n) is 10.9. The van der Waals surface area contributed by atoms with E-state index in [1.165, 1.54) is 4.63 Å². The van der Waals surface area contributed by atoms with Crippen LogP contribution in [-0.2, 0) is 6.54 Å². The van der Waals surface area contributed by atoms with Gasteiger partial charge in [-0.05, 0) is 42.2 Å². The first-order valence-corrected chi connectivity index (χ1v) is 10.9. The van der Waals surface area contributed by atoms with E-state index in [1.807, 2.05) is 30.5 Å². The van der Waals surface area contributed by atoms with E-state index in [-0.39, 0.29) is 12.0 Å². The molecule has 0 unspecified atom stereocenters. The fourth-order valence-electron chi connectivity index (χ4n) is 4.54. The maximum Gasteiger partial charge on any atom is 0.254 e. The second kappa shape index (κ2) is 7.82. The number of piperidine rings is 1. The number of aliphatic hydroxyl groups is 1. The highest BCUT2D eigenvalue weighted by Gasteiger charge is 2.27. The number of aliphatic hydroxyl groups excluding tert-OH is 1. The van der Waals surface area contributed by atoms with Crippen molar-refractivity contribution in [3.63, 3.8) is 0 Å². The molecule has 1 amide bonds. The zero-order chi connectivity index (χ0) is 22.4. The molecule has 3 N–H and O–H groups in total. The Labute approximate surface area is 189 Å². The number of anilines is 3. The molecule has 166 valence electrons. The Bertz CT molecular complexity index is 1340. The zero-order valence-electron chi connectivity index (χ0n) is 17.8. The van der Waals surface area contributed by atoms with Gasteiger partial charge in [0.25, 0.3) is 5.91 Å². The summed E-state index contributed by atoms with van der Waals surface area (Å²) in [5.41, 5.74) is 5.60. The van der Waals surface area contributed by atoms with Gasteiger partial charge in [0.15, 0.2) is 5.65 Å². The predicted octanol–water partition coefficient (Wildman–Crippen LogP) is 2.13. The van der Waals surface area contributed by atoms with Crippen molar-refractivity contribution in [1.82, 2.24) is 30.1 Å². The van der Waals surface area contributed by atoms with E-state index in [1.54, 1.807) is 18.6 Å². The van der Waals surface area contributed by atoms with Crippen LogP contribution in [-0.4, -0.2) is 55.0 Å². The van der Waals surface area contributed by atoms with Crippen molar-refractivity contribution >= 4 is 28.7 Å². The molecular weight excluding hydrogens is 420 g/mol. The third kappa shape index (κ3) is 3.44. The molecule has 5 heterocycles. The molecular formula is C23H22N8O2. The third-order valence-corrected chi connectivity index (χ3v) is 6.26. The van der Waals surface area contributed by atoms with Gasteiger partial charge in [0, 0.05) is 31.4 Å². The molecule has 1 fully saturated rings. The molecule has 2 aliphatic rings. The number of fused-ring (bicyclic) bond motifs is 2. The molecule has 1 saturated heterocycles. The Balaban J connectivity index is 1.31. The van der Waals surface area contributed by atoms with Gasteiger partial charge in [0.05, 0.1) is 41.6 Å². The van der Waals surface area contributed by atoms with Crippen LogP contribution in [0.5, 0.6) is 0 Å². The second-order valence-electron chi connectivity index (χ2n) is 8.26. The summed E-state index contributed by atoms with van der Waals surface area (Å²) < 4.78 is 1.48. The van der Waals surface area contributed by atoms with Gasteiger partial charge >= 0.3 is 0 Å². The van der Waals surface area contributed by atoms with Crippen molar-refractivity contribution in [2.75, 3.05) is 23.3 Å².